The van der Waals surface area contributed by atoms with Crippen LogP contribution in [0.4, 0.5) is 0 Å². The van der Waals surface area contributed by atoms with Crippen LogP contribution in [0.5, 0.6) is 0 Å². The predicted octanol–water partition coefficient (Wildman–Crippen LogP) is 2.46. The molecule has 2 nitrogen and oxygen atoms in total. The Morgan fingerprint density at radius 1 is 1.27 bits per heavy atom. The summed E-state index contributed by atoms with van der Waals surface area (Å²) < 4.78 is 1.30. The van der Waals surface area contributed by atoms with Crippen LogP contribution in [0.25, 0.3) is 10.9 Å². The fourth-order valence-electron chi connectivity index (χ4n) is 0.934. The van der Waals surface area contributed by atoms with Crippen molar-refractivity contribution >= 4 is 35.1 Å². The lowest BCUT2D eigenvalue weighted by atomic mass is 10.3. The van der Waals surface area contributed by atoms with Crippen molar-refractivity contribution in [1.82, 2.24) is 9.30 Å². The first-order valence-electron chi connectivity index (χ1n) is 2.97. The van der Waals surface area contributed by atoms with Crippen LogP contribution in [-0.2, 0) is 0 Å². The molecule has 58 valence electrons. The molecule has 0 spiro atoms. The van der Waals surface area contributed by atoms with E-state index in [1.54, 1.807) is 6.20 Å². The van der Waals surface area contributed by atoms with E-state index in [4.69, 9.17) is 11.8 Å². The van der Waals surface area contributed by atoms with Gasteiger partial charge in [-0.2, -0.15) is 9.30 Å². The molecule has 11 heavy (non-hydrogen) atoms. The molecule has 0 aliphatic heterocycles. The van der Waals surface area contributed by atoms with Gasteiger partial charge >= 0.3 is 0 Å². The van der Waals surface area contributed by atoms with Gasteiger partial charge in [0, 0.05) is 17.2 Å². The SMILES string of the molecule is Cl.Cln1cc2ccccc2n1. The first-order chi connectivity index (χ1) is 4.86. The Hall–Kier alpha value is -0.730. The van der Waals surface area contributed by atoms with Gasteiger partial charge in [-0.05, 0) is 6.07 Å². The third-order valence-electron chi connectivity index (χ3n) is 1.39. The summed E-state index contributed by atoms with van der Waals surface area (Å²) >= 11 is 5.59. The second-order valence-electron chi connectivity index (χ2n) is 2.08. The van der Waals surface area contributed by atoms with Gasteiger partial charge in [-0.1, -0.05) is 18.2 Å². The molecule has 2 aromatic rings. The van der Waals surface area contributed by atoms with Crippen LogP contribution < -0.4 is 0 Å². The van der Waals surface area contributed by atoms with E-state index in [0.29, 0.717) is 0 Å². The summed E-state index contributed by atoms with van der Waals surface area (Å²) in [5.74, 6) is 0. The van der Waals surface area contributed by atoms with E-state index in [2.05, 4.69) is 5.10 Å². The van der Waals surface area contributed by atoms with Crippen LogP contribution in [-0.4, -0.2) is 9.30 Å². The van der Waals surface area contributed by atoms with Gasteiger partial charge in [-0.3, -0.25) is 0 Å². The number of halogens is 2. The summed E-state index contributed by atoms with van der Waals surface area (Å²) in [7, 11) is 0. The Balaban J connectivity index is 0.000000605. The maximum atomic E-state index is 5.59. The molecule has 1 heterocycles. The van der Waals surface area contributed by atoms with Crippen molar-refractivity contribution in [3.8, 4) is 0 Å². The fourth-order valence-corrected chi connectivity index (χ4v) is 1.12. The Labute approximate surface area is 75.3 Å². The third kappa shape index (κ3) is 1.47. The maximum absolute atomic E-state index is 5.59. The first kappa shape index (κ1) is 8.37. The minimum atomic E-state index is 0. The lowest BCUT2D eigenvalue weighted by Crippen LogP contribution is -1.75. The minimum absolute atomic E-state index is 0. The number of aromatic nitrogens is 2. The molecule has 4 heteroatoms. The molecule has 1 aromatic heterocycles. The van der Waals surface area contributed by atoms with Crippen molar-refractivity contribution in [1.29, 1.82) is 0 Å². The molecule has 0 aliphatic carbocycles. The largest absolute Gasteiger partial charge is 0.179 e. The number of nitrogens with zero attached hydrogens (tertiary/aromatic N) is 2. The van der Waals surface area contributed by atoms with Crippen LogP contribution >= 0.6 is 24.2 Å². The molecule has 0 saturated heterocycles. The van der Waals surface area contributed by atoms with E-state index >= 15 is 0 Å². The molecule has 0 unspecified atom stereocenters. The molecule has 2 rings (SSSR count). The van der Waals surface area contributed by atoms with Crippen molar-refractivity contribution in [2.75, 3.05) is 0 Å². The first-order valence-corrected chi connectivity index (χ1v) is 3.30. The highest BCUT2D eigenvalue weighted by Crippen LogP contribution is 2.10. The highest BCUT2D eigenvalue weighted by molar-refractivity contribution is 6.15. The lowest BCUT2D eigenvalue weighted by molar-refractivity contribution is 1.02. The average Bonchev–Trinajstić information content (AvgIpc) is 2.27. The Morgan fingerprint density at radius 2 is 2.00 bits per heavy atom. The predicted molar refractivity (Wildman–Crippen MR) is 48.2 cm³/mol. The summed E-state index contributed by atoms with van der Waals surface area (Å²) in [6.07, 6.45) is 1.77. The van der Waals surface area contributed by atoms with E-state index in [9.17, 15) is 0 Å². The Morgan fingerprint density at radius 3 is 2.73 bits per heavy atom. The van der Waals surface area contributed by atoms with Crippen LogP contribution in [0.15, 0.2) is 30.5 Å². The van der Waals surface area contributed by atoms with Gasteiger partial charge in [0.25, 0.3) is 0 Å². The van der Waals surface area contributed by atoms with Gasteiger partial charge in [-0.15, -0.1) is 12.4 Å². The topological polar surface area (TPSA) is 17.8 Å². The average molecular weight is 189 g/mol. The Bertz CT molecular complexity index is 323. The number of rotatable bonds is 0. The molecule has 0 radical (unpaired) electrons. The zero-order valence-electron chi connectivity index (χ0n) is 5.57. The minimum Gasteiger partial charge on any atom is -0.179 e. The van der Waals surface area contributed by atoms with Gasteiger partial charge in [0.1, 0.15) is 0 Å². The second-order valence-corrected chi connectivity index (χ2v) is 2.42. The number of hydrogen-bond donors (Lipinski definition) is 0. The lowest BCUT2D eigenvalue weighted by Gasteiger charge is -1.80. The van der Waals surface area contributed by atoms with Gasteiger partial charge in [0.15, 0.2) is 0 Å². The molecular formula is C7H6Cl2N2. The van der Waals surface area contributed by atoms with E-state index in [0.717, 1.165) is 10.9 Å². The van der Waals surface area contributed by atoms with Crippen molar-refractivity contribution in [3.63, 3.8) is 0 Å². The molecule has 0 fully saturated rings. The van der Waals surface area contributed by atoms with Crippen molar-refractivity contribution < 1.29 is 0 Å². The van der Waals surface area contributed by atoms with Crippen LogP contribution in [0.3, 0.4) is 0 Å². The van der Waals surface area contributed by atoms with E-state index in [-0.39, 0.29) is 12.4 Å². The van der Waals surface area contributed by atoms with Crippen molar-refractivity contribution in [2.24, 2.45) is 0 Å². The summed E-state index contributed by atoms with van der Waals surface area (Å²) in [5, 5.41) is 5.06. The van der Waals surface area contributed by atoms with Crippen LogP contribution in [0, 0.1) is 0 Å². The second kappa shape index (κ2) is 3.11. The maximum Gasteiger partial charge on any atom is 0.0938 e. The molecule has 1 aromatic carbocycles. The molecule has 0 aliphatic rings. The van der Waals surface area contributed by atoms with Gasteiger partial charge < -0.3 is 0 Å². The summed E-state index contributed by atoms with van der Waals surface area (Å²) in [6.45, 7) is 0. The van der Waals surface area contributed by atoms with Crippen molar-refractivity contribution in [2.45, 2.75) is 0 Å². The molecular weight excluding hydrogens is 183 g/mol. The Kier molecular flexibility index (Phi) is 2.37. The molecule has 0 atom stereocenters. The zero-order chi connectivity index (χ0) is 6.97. The molecule has 0 amide bonds. The molecule has 0 saturated carbocycles. The number of hydrogen-bond acceptors (Lipinski definition) is 1. The quantitative estimate of drug-likeness (QED) is 0.622. The van der Waals surface area contributed by atoms with E-state index in [1.807, 2.05) is 24.3 Å². The number of benzene rings is 1. The number of fused-ring (bicyclic) bond motifs is 1. The van der Waals surface area contributed by atoms with Crippen LogP contribution in [0.1, 0.15) is 0 Å². The molecule has 0 bridgehead atoms. The summed E-state index contributed by atoms with van der Waals surface area (Å²) in [5.41, 5.74) is 0.928. The van der Waals surface area contributed by atoms with Gasteiger partial charge in [0.2, 0.25) is 0 Å². The van der Waals surface area contributed by atoms with E-state index < -0.39 is 0 Å². The zero-order valence-corrected chi connectivity index (χ0v) is 7.14. The van der Waals surface area contributed by atoms with Gasteiger partial charge in [0.05, 0.1) is 11.7 Å². The molecule has 0 N–H and O–H groups in total. The summed E-state index contributed by atoms with van der Waals surface area (Å²) in [4.78, 5) is 0. The third-order valence-corrected chi connectivity index (χ3v) is 1.56. The monoisotopic (exact) mass is 188 g/mol. The summed E-state index contributed by atoms with van der Waals surface area (Å²) in [6, 6.07) is 7.79. The highest BCUT2D eigenvalue weighted by atomic mass is 35.5. The standard InChI is InChI=1S/C7H5ClN2.ClH/c8-10-5-6-3-1-2-4-7(6)9-10;/h1-5H;1H. The van der Waals surface area contributed by atoms with E-state index in [1.165, 1.54) is 4.20 Å². The smallest absolute Gasteiger partial charge is 0.0938 e. The van der Waals surface area contributed by atoms with Crippen molar-refractivity contribution in [3.05, 3.63) is 30.5 Å². The van der Waals surface area contributed by atoms with Gasteiger partial charge in [-0.25, -0.2) is 0 Å². The normalized spacial score (nSPS) is 9.55. The fraction of sp³-hybridized carbons (Fsp3) is 0. The van der Waals surface area contributed by atoms with Crippen LogP contribution in [0.2, 0.25) is 0 Å². The highest BCUT2D eigenvalue weighted by Gasteiger charge is 1.94.